The number of nitrogens with one attached hydrogen (secondary N) is 1. The minimum atomic E-state index is -0.192. The number of hydrogen-bond acceptors (Lipinski definition) is 5. The second kappa shape index (κ2) is 7.44. The van der Waals surface area contributed by atoms with E-state index in [4.69, 9.17) is 4.74 Å². The summed E-state index contributed by atoms with van der Waals surface area (Å²) in [6.45, 7) is 4.54. The zero-order chi connectivity index (χ0) is 19.7. The van der Waals surface area contributed by atoms with Gasteiger partial charge in [0.1, 0.15) is 5.75 Å². The summed E-state index contributed by atoms with van der Waals surface area (Å²) >= 11 is 1.42. The average Bonchev–Trinajstić information content (AvgIpc) is 3.08. The number of carbonyl (C=O) groups is 2. The number of likely N-dealkylation sites (N-methyl/N-ethyl adjacent to an activating group) is 1. The molecule has 1 N–H and O–H groups in total. The largest absolute Gasteiger partial charge is 0.482 e. The molecule has 4 rings (SSSR count). The number of fused-ring (bicyclic) bond motifs is 1. The molecule has 0 fully saturated rings. The summed E-state index contributed by atoms with van der Waals surface area (Å²) in [4.78, 5) is 31.8. The van der Waals surface area contributed by atoms with Gasteiger partial charge in [-0.25, -0.2) is 4.98 Å². The number of aryl methyl sites for hydroxylation is 1. The van der Waals surface area contributed by atoms with Gasteiger partial charge >= 0.3 is 0 Å². The topological polar surface area (TPSA) is 71.5 Å². The van der Waals surface area contributed by atoms with E-state index in [1.807, 2.05) is 50.2 Å². The lowest BCUT2D eigenvalue weighted by Gasteiger charge is -2.28. The number of hydrogen-bond donors (Lipinski definition) is 1. The molecule has 2 amide bonds. The molecule has 0 aliphatic carbocycles. The Kier molecular flexibility index (Phi) is 4.83. The van der Waals surface area contributed by atoms with E-state index in [-0.39, 0.29) is 18.4 Å². The highest BCUT2D eigenvalue weighted by Gasteiger charge is 2.25. The van der Waals surface area contributed by atoms with Crippen molar-refractivity contribution in [2.24, 2.45) is 0 Å². The maximum atomic E-state index is 12.4. The van der Waals surface area contributed by atoms with Crippen molar-refractivity contribution >= 4 is 34.0 Å². The molecule has 142 valence electrons. The van der Waals surface area contributed by atoms with Crippen LogP contribution in [0.4, 0.5) is 10.8 Å². The Balaban J connectivity index is 1.63. The molecule has 1 aliphatic rings. The first kappa shape index (κ1) is 18.2. The van der Waals surface area contributed by atoms with E-state index >= 15 is 0 Å². The lowest BCUT2D eigenvalue weighted by Crippen LogP contribution is -2.38. The van der Waals surface area contributed by atoms with E-state index in [2.05, 4.69) is 10.3 Å². The normalized spacial score (nSPS) is 13.1. The van der Waals surface area contributed by atoms with Crippen LogP contribution in [0.25, 0.3) is 11.3 Å². The third-order valence-corrected chi connectivity index (χ3v) is 5.43. The molecule has 0 atom stereocenters. The van der Waals surface area contributed by atoms with Gasteiger partial charge in [-0.2, -0.15) is 0 Å². The summed E-state index contributed by atoms with van der Waals surface area (Å²) in [5, 5.41) is 3.40. The first-order chi connectivity index (χ1) is 13.6. The predicted octanol–water partition coefficient (Wildman–Crippen LogP) is 4.12. The fourth-order valence-electron chi connectivity index (χ4n) is 3.17. The van der Waals surface area contributed by atoms with Gasteiger partial charge in [-0.05, 0) is 44.2 Å². The van der Waals surface area contributed by atoms with E-state index in [1.165, 1.54) is 11.3 Å². The number of carbonyl (C=O) groups excluding carboxylic acids is 2. The van der Waals surface area contributed by atoms with Crippen molar-refractivity contribution in [3.8, 4) is 17.0 Å². The Morgan fingerprint density at radius 3 is 2.79 bits per heavy atom. The molecule has 28 heavy (non-hydrogen) atoms. The summed E-state index contributed by atoms with van der Waals surface area (Å²) in [7, 11) is 0. The van der Waals surface area contributed by atoms with E-state index in [1.54, 1.807) is 17.0 Å². The van der Waals surface area contributed by atoms with Crippen molar-refractivity contribution in [3.63, 3.8) is 0 Å². The van der Waals surface area contributed by atoms with Crippen molar-refractivity contribution in [3.05, 3.63) is 59.0 Å². The molecule has 7 heteroatoms. The van der Waals surface area contributed by atoms with Crippen LogP contribution in [0.15, 0.2) is 48.5 Å². The molecule has 0 spiro atoms. The van der Waals surface area contributed by atoms with Gasteiger partial charge in [-0.15, -0.1) is 11.3 Å². The molecule has 0 radical (unpaired) electrons. The highest BCUT2D eigenvalue weighted by atomic mass is 32.1. The van der Waals surface area contributed by atoms with Crippen LogP contribution >= 0.6 is 11.3 Å². The van der Waals surface area contributed by atoms with Gasteiger partial charge in [0.15, 0.2) is 11.7 Å². The lowest BCUT2D eigenvalue weighted by atomic mass is 10.1. The minimum Gasteiger partial charge on any atom is -0.482 e. The predicted molar refractivity (Wildman–Crippen MR) is 110 cm³/mol. The monoisotopic (exact) mass is 393 g/mol. The van der Waals surface area contributed by atoms with Crippen molar-refractivity contribution in [2.75, 3.05) is 23.4 Å². The van der Waals surface area contributed by atoms with Crippen LogP contribution in [0.3, 0.4) is 0 Å². The Hall–Kier alpha value is -3.19. The second-order valence-electron chi connectivity index (χ2n) is 6.35. The van der Waals surface area contributed by atoms with E-state index in [0.29, 0.717) is 23.0 Å². The summed E-state index contributed by atoms with van der Waals surface area (Å²) in [5.74, 6) is 0.441. The summed E-state index contributed by atoms with van der Waals surface area (Å²) in [5.41, 5.74) is 2.99. The minimum absolute atomic E-state index is 0.0574. The number of benzene rings is 2. The number of thiazole rings is 1. The third-order valence-electron chi connectivity index (χ3n) is 4.54. The maximum Gasteiger partial charge on any atom is 0.265 e. The summed E-state index contributed by atoms with van der Waals surface area (Å²) < 4.78 is 5.53. The molecule has 1 aliphatic heterocycles. The van der Waals surface area contributed by atoms with E-state index < -0.39 is 0 Å². The number of anilines is 2. The molecule has 2 heterocycles. The van der Waals surface area contributed by atoms with E-state index in [0.717, 1.165) is 21.8 Å². The lowest BCUT2D eigenvalue weighted by molar-refractivity contribution is -0.121. The van der Waals surface area contributed by atoms with Gasteiger partial charge in [0.05, 0.1) is 11.4 Å². The Labute approximate surface area is 166 Å². The van der Waals surface area contributed by atoms with Crippen LogP contribution < -0.4 is 15.0 Å². The van der Waals surface area contributed by atoms with Crippen LogP contribution in [-0.2, 0) is 4.79 Å². The standard InChI is InChI=1S/C21H19N3O3S/c1-3-24-16-11-15(9-10-17(16)27-12-18(24)25)19-13(2)28-21(22-19)23-20(26)14-7-5-4-6-8-14/h4-11H,3,12H2,1-2H3,(H,22,23,26). The Morgan fingerprint density at radius 2 is 2.04 bits per heavy atom. The second-order valence-corrected chi connectivity index (χ2v) is 7.56. The van der Waals surface area contributed by atoms with Gasteiger partial charge in [0.2, 0.25) is 0 Å². The first-order valence-electron chi connectivity index (χ1n) is 8.98. The molecule has 1 aromatic heterocycles. The molecule has 0 saturated carbocycles. The molecule has 3 aromatic rings. The van der Waals surface area contributed by atoms with Crippen molar-refractivity contribution in [2.45, 2.75) is 13.8 Å². The van der Waals surface area contributed by atoms with Crippen molar-refractivity contribution in [1.82, 2.24) is 4.98 Å². The van der Waals surface area contributed by atoms with Crippen LogP contribution in [0.5, 0.6) is 5.75 Å². The third kappa shape index (κ3) is 3.36. The highest BCUT2D eigenvalue weighted by Crippen LogP contribution is 2.38. The summed E-state index contributed by atoms with van der Waals surface area (Å²) in [6, 6.07) is 14.7. The van der Waals surface area contributed by atoms with Crippen LogP contribution in [0.2, 0.25) is 0 Å². The Morgan fingerprint density at radius 1 is 1.25 bits per heavy atom. The van der Waals surface area contributed by atoms with Gasteiger partial charge in [0.25, 0.3) is 11.8 Å². The van der Waals surface area contributed by atoms with Gasteiger partial charge in [0, 0.05) is 22.5 Å². The molecule has 2 aromatic carbocycles. The molecular weight excluding hydrogens is 374 g/mol. The molecule has 0 unspecified atom stereocenters. The number of ether oxygens (including phenoxy) is 1. The van der Waals surface area contributed by atoms with Crippen molar-refractivity contribution < 1.29 is 14.3 Å². The molecule has 6 nitrogen and oxygen atoms in total. The van der Waals surface area contributed by atoms with Gasteiger partial charge in [-0.3, -0.25) is 14.9 Å². The van der Waals surface area contributed by atoms with Crippen LogP contribution in [-0.4, -0.2) is 29.9 Å². The van der Waals surface area contributed by atoms with Crippen molar-refractivity contribution in [1.29, 1.82) is 0 Å². The SMILES string of the molecule is CCN1C(=O)COc2ccc(-c3nc(NC(=O)c4ccccc4)sc3C)cc21. The number of aromatic nitrogens is 1. The average molecular weight is 393 g/mol. The van der Waals surface area contributed by atoms with Crippen LogP contribution in [0, 0.1) is 6.92 Å². The van der Waals surface area contributed by atoms with Gasteiger partial charge in [-0.1, -0.05) is 18.2 Å². The summed E-state index contributed by atoms with van der Waals surface area (Å²) in [6.07, 6.45) is 0. The van der Waals surface area contributed by atoms with Crippen LogP contribution in [0.1, 0.15) is 22.2 Å². The fourth-order valence-corrected chi connectivity index (χ4v) is 4.00. The molecule has 0 saturated heterocycles. The highest BCUT2D eigenvalue weighted by molar-refractivity contribution is 7.16. The zero-order valence-corrected chi connectivity index (χ0v) is 16.4. The smallest absolute Gasteiger partial charge is 0.265 e. The molecule has 0 bridgehead atoms. The Bertz CT molecular complexity index is 1050. The number of nitrogens with zero attached hydrogens (tertiary/aromatic N) is 2. The maximum absolute atomic E-state index is 12.4. The quantitative estimate of drug-likeness (QED) is 0.724. The number of rotatable bonds is 4. The molecular formula is C21H19N3O3S. The van der Waals surface area contributed by atoms with Gasteiger partial charge < -0.3 is 9.64 Å². The number of amides is 2. The van der Waals surface area contributed by atoms with E-state index in [9.17, 15) is 9.59 Å². The zero-order valence-electron chi connectivity index (χ0n) is 15.6. The first-order valence-corrected chi connectivity index (χ1v) is 9.80. The fraction of sp³-hybridized carbons (Fsp3) is 0.190.